The second kappa shape index (κ2) is 5.21. The van der Waals surface area contributed by atoms with E-state index in [1.54, 1.807) is 12.1 Å². The lowest BCUT2D eigenvalue weighted by atomic mass is 10.0. The van der Waals surface area contributed by atoms with Gasteiger partial charge in [-0.25, -0.2) is 0 Å². The monoisotopic (exact) mass is 332 g/mol. The standard InChI is InChI=1S/C13H8BrF3O2/c14-11-4-3-8(13(15,16)17)6-10(11)12(18)7-9-2-1-5-19-9/h1-6H,7H2. The third-order valence-electron chi connectivity index (χ3n) is 2.51. The first kappa shape index (κ1) is 13.9. The van der Waals surface area contributed by atoms with Crippen molar-refractivity contribution in [2.45, 2.75) is 12.6 Å². The molecular formula is C13H8BrF3O2. The van der Waals surface area contributed by atoms with Gasteiger partial charge in [0.2, 0.25) is 0 Å². The molecule has 0 aliphatic heterocycles. The van der Waals surface area contributed by atoms with Crippen molar-refractivity contribution in [1.29, 1.82) is 0 Å². The molecule has 0 spiro atoms. The number of rotatable bonds is 3. The average Bonchev–Trinajstić information content (AvgIpc) is 2.80. The van der Waals surface area contributed by atoms with E-state index in [1.165, 1.54) is 12.3 Å². The van der Waals surface area contributed by atoms with Crippen LogP contribution in [0.4, 0.5) is 13.2 Å². The predicted octanol–water partition coefficient (Wildman–Crippen LogP) is 4.49. The maximum atomic E-state index is 12.6. The van der Waals surface area contributed by atoms with Gasteiger partial charge in [0.1, 0.15) is 5.76 Å². The van der Waals surface area contributed by atoms with Gasteiger partial charge >= 0.3 is 6.18 Å². The number of carbonyl (C=O) groups is 1. The van der Waals surface area contributed by atoms with Gasteiger partial charge in [0.15, 0.2) is 5.78 Å². The van der Waals surface area contributed by atoms with Crippen LogP contribution in [0.25, 0.3) is 0 Å². The van der Waals surface area contributed by atoms with Gasteiger partial charge in [-0.05, 0) is 30.3 Å². The molecule has 0 aliphatic carbocycles. The number of Topliss-reactive ketones (excluding diaryl/α,β-unsaturated/α-hetero) is 1. The van der Waals surface area contributed by atoms with Gasteiger partial charge in [-0.2, -0.15) is 13.2 Å². The largest absolute Gasteiger partial charge is 0.469 e. The fourth-order valence-corrected chi connectivity index (χ4v) is 2.05. The molecule has 0 saturated heterocycles. The molecule has 2 rings (SSSR count). The van der Waals surface area contributed by atoms with Crippen LogP contribution < -0.4 is 0 Å². The summed E-state index contributed by atoms with van der Waals surface area (Å²) in [6.45, 7) is 0. The van der Waals surface area contributed by atoms with Crippen molar-refractivity contribution >= 4 is 21.7 Å². The van der Waals surface area contributed by atoms with Crippen molar-refractivity contribution in [2.75, 3.05) is 0 Å². The van der Waals surface area contributed by atoms with Crippen LogP contribution in [0, 0.1) is 0 Å². The Balaban J connectivity index is 2.31. The number of halogens is 4. The van der Waals surface area contributed by atoms with Crippen molar-refractivity contribution in [2.24, 2.45) is 0 Å². The van der Waals surface area contributed by atoms with Gasteiger partial charge in [0.25, 0.3) is 0 Å². The quantitative estimate of drug-likeness (QED) is 0.775. The SMILES string of the molecule is O=C(Cc1ccco1)c1cc(C(F)(F)F)ccc1Br. The van der Waals surface area contributed by atoms with E-state index in [9.17, 15) is 18.0 Å². The van der Waals surface area contributed by atoms with Crippen molar-refractivity contribution in [1.82, 2.24) is 0 Å². The summed E-state index contributed by atoms with van der Waals surface area (Å²) in [6.07, 6.45) is -3.14. The molecule has 6 heteroatoms. The smallest absolute Gasteiger partial charge is 0.416 e. The van der Waals surface area contributed by atoms with Gasteiger partial charge in [0.05, 0.1) is 18.2 Å². The van der Waals surface area contributed by atoms with E-state index in [0.29, 0.717) is 10.2 Å². The van der Waals surface area contributed by atoms with Crippen LogP contribution in [-0.4, -0.2) is 5.78 Å². The molecule has 2 nitrogen and oxygen atoms in total. The number of furan rings is 1. The summed E-state index contributed by atoms with van der Waals surface area (Å²) in [5, 5.41) is 0. The summed E-state index contributed by atoms with van der Waals surface area (Å²) in [5.41, 5.74) is -0.857. The Morgan fingerprint density at radius 3 is 2.58 bits per heavy atom. The minimum Gasteiger partial charge on any atom is -0.469 e. The van der Waals surface area contributed by atoms with Crippen LogP contribution in [0.2, 0.25) is 0 Å². The average molecular weight is 333 g/mol. The first-order valence-electron chi connectivity index (χ1n) is 5.30. The molecule has 2 aromatic rings. The number of ketones is 1. The fourth-order valence-electron chi connectivity index (χ4n) is 1.58. The summed E-state index contributed by atoms with van der Waals surface area (Å²) in [6, 6.07) is 6.20. The zero-order valence-electron chi connectivity index (χ0n) is 9.50. The number of alkyl halides is 3. The third-order valence-corrected chi connectivity index (χ3v) is 3.20. The molecule has 100 valence electrons. The highest BCUT2D eigenvalue weighted by Crippen LogP contribution is 2.32. The van der Waals surface area contributed by atoms with E-state index in [4.69, 9.17) is 4.42 Å². The first-order chi connectivity index (χ1) is 8.88. The molecule has 1 aromatic heterocycles. The molecule has 1 aromatic carbocycles. The number of hydrogen-bond acceptors (Lipinski definition) is 2. The Morgan fingerprint density at radius 2 is 2.00 bits per heavy atom. The minimum atomic E-state index is -4.47. The van der Waals surface area contributed by atoms with Crippen molar-refractivity contribution in [3.05, 3.63) is 58.0 Å². The lowest BCUT2D eigenvalue weighted by Crippen LogP contribution is -2.09. The Bertz CT molecular complexity index is 588. The van der Waals surface area contributed by atoms with Gasteiger partial charge in [-0.1, -0.05) is 15.9 Å². The molecule has 19 heavy (non-hydrogen) atoms. The van der Waals surface area contributed by atoms with Crippen LogP contribution in [0.5, 0.6) is 0 Å². The van der Waals surface area contributed by atoms with Crippen LogP contribution >= 0.6 is 15.9 Å². The second-order valence-electron chi connectivity index (χ2n) is 3.87. The van der Waals surface area contributed by atoms with Crippen LogP contribution in [0.15, 0.2) is 45.5 Å². The summed E-state index contributed by atoms with van der Waals surface area (Å²) >= 11 is 3.08. The molecule has 0 saturated carbocycles. The van der Waals surface area contributed by atoms with E-state index in [-0.39, 0.29) is 12.0 Å². The summed E-state index contributed by atoms with van der Waals surface area (Å²) in [4.78, 5) is 12.0. The molecule has 0 radical (unpaired) electrons. The van der Waals surface area contributed by atoms with E-state index >= 15 is 0 Å². The van der Waals surface area contributed by atoms with Crippen molar-refractivity contribution in [3.63, 3.8) is 0 Å². The van der Waals surface area contributed by atoms with Crippen LogP contribution in [0.3, 0.4) is 0 Å². The Labute approximate surface area is 115 Å². The molecule has 0 N–H and O–H groups in total. The van der Waals surface area contributed by atoms with E-state index in [0.717, 1.165) is 12.1 Å². The van der Waals surface area contributed by atoms with Gasteiger partial charge in [0, 0.05) is 10.0 Å². The molecule has 0 fully saturated rings. The van der Waals surface area contributed by atoms with Crippen molar-refractivity contribution < 1.29 is 22.4 Å². The summed E-state index contributed by atoms with van der Waals surface area (Å²) in [7, 11) is 0. The van der Waals surface area contributed by atoms with Crippen LogP contribution in [0.1, 0.15) is 21.7 Å². The second-order valence-corrected chi connectivity index (χ2v) is 4.73. The molecule has 0 bridgehead atoms. The highest BCUT2D eigenvalue weighted by Gasteiger charge is 2.31. The predicted molar refractivity (Wildman–Crippen MR) is 65.9 cm³/mol. The number of hydrogen-bond donors (Lipinski definition) is 0. The summed E-state index contributed by atoms with van der Waals surface area (Å²) in [5.74, 6) is -0.0257. The first-order valence-corrected chi connectivity index (χ1v) is 6.09. The highest BCUT2D eigenvalue weighted by molar-refractivity contribution is 9.10. The normalized spacial score (nSPS) is 11.6. The molecule has 0 unspecified atom stereocenters. The lowest BCUT2D eigenvalue weighted by Gasteiger charge is -2.09. The number of carbonyl (C=O) groups excluding carboxylic acids is 1. The number of benzene rings is 1. The third kappa shape index (κ3) is 3.26. The van der Waals surface area contributed by atoms with E-state index in [2.05, 4.69) is 15.9 Å². The maximum Gasteiger partial charge on any atom is 0.416 e. The lowest BCUT2D eigenvalue weighted by molar-refractivity contribution is -0.137. The topological polar surface area (TPSA) is 30.2 Å². The van der Waals surface area contributed by atoms with Gasteiger partial charge < -0.3 is 4.42 Å². The van der Waals surface area contributed by atoms with Crippen molar-refractivity contribution in [3.8, 4) is 0 Å². The van der Waals surface area contributed by atoms with E-state index in [1.807, 2.05) is 0 Å². The zero-order chi connectivity index (χ0) is 14.0. The molecular weight excluding hydrogens is 325 g/mol. The fraction of sp³-hybridized carbons (Fsp3) is 0.154. The Hall–Kier alpha value is -1.56. The molecule has 1 heterocycles. The van der Waals surface area contributed by atoms with Gasteiger partial charge in [-0.3, -0.25) is 4.79 Å². The summed E-state index contributed by atoms with van der Waals surface area (Å²) < 4.78 is 43.1. The van der Waals surface area contributed by atoms with Crippen LogP contribution in [-0.2, 0) is 12.6 Å². The maximum absolute atomic E-state index is 12.6. The zero-order valence-corrected chi connectivity index (χ0v) is 11.1. The molecule has 0 atom stereocenters. The Kier molecular flexibility index (Phi) is 3.80. The highest BCUT2D eigenvalue weighted by atomic mass is 79.9. The molecule has 0 aliphatic rings. The Morgan fingerprint density at radius 1 is 1.26 bits per heavy atom. The molecule has 0 amide bonds. The van der Waals surface area contributed by atoms with Gasteiger partial charge in [-0.15, -0.1) is 0 Å². The minimum absolute atomic E-state index is 0.00813. The van der Waals surface area contributed by atoms with E-state index < -0.39 is 17.5 Å².